The predicted octanol–water partition coefficient (Wildman–Crippen LogP) is 2.68. The van der Waals surface area contributed by atoms with Gasteiger partial charge in [0.2, 0.25) is 0 Å². The molecular weight excluding hydrogens is 131 g/mol. The zero-order valence-electron chi connectivity index (χ0n) is 6.22. The van der Waals surface area contributed by atoms with Crippen LogP contribution < -0.4 is 0 Å². The summed E-state index contributed by atoms with van der Waals surface area (Å²) >= 11 is 0. The minimum Gasteiger partial charge on any atom is -0.319 e. The molecule has 0 aliphatic carbocycles. The molecule has 0 saturated carbocycles. The standard InChI is InChI=1S/C7H13OP/c1-6-4-5-7(2)9(6,3)8/h4,7H,5H2,1-3H3/t7-,9-/m0/s1. The van der Waals surface area contributed by atoms with Crippen LogP contribution in [0, 0.1) is 0 Å². The van der Waals surface area contributed by atoms with Crippen molar-refractivity contribution in [1.82, 2.24) is 0 Å². The van der Waals surface area contributed by atoms with Gasteiger partial charge in [-0.25, -0.2) is 0 Å². The van der Waals surface area contributed by atoms with E-state index < -0.39 is 7.14 Å². The monoisotopic (exact) mass is 144 g/mol. The van der Waals surface area contributed by atoms with E-state index in [4.69, 9.17) is 0 Å². The molecule has 0 fully saturated rings. The van der Waals surface area contributed by atoms with E-state index in [1.165, 1.54) is 0 Å². The van der Waals surface area contributed by atoms with Crippen molar-refractivity contribution in [2.75, 3.05) is 6.66 Å². The van der Waals surface area contributed by atoms with Gasteiger partial charge in [0.15, 0.2) is 0 Å². The van der Waals surface area contributed by atoms with Crippen LogP contribution in [0.1, 0.15) is 20.3 Å². The third-order valence-electron chi connectivity index (χ3n) is 2.30. The topological polar surface area (TPSA) is 17.1 Å². The molecule has 0 aromatic heterocycles. The molecule has 0 radical (unpaired) electrons. The maximum atomic E-state index is 11.6. The Balaban J connectivity index is 2.94. The second kappa shape index (κ2) is 1.98. The SMILES string of the molecule is CC1=CC[C@H](C)[P@@]1(C)=O. The van der Waals surface area contributed by atoms with Crippen molar-refractivity contribution in [3.05, 3.63) is 11.4 Å². The van der Waals surface area contributed by atoms with Crippen molar-refractivity contribution in [2.45, 2.75) is 25.9 Å². The summed E-state index contributed by atoms with van der Waals surface area (Å²) in [5, 5.41) is 1.12. The van der Waals surface area contributed by atoms with Crippen molar-refractivity contribution in [2.24, 2.45) is 0 Å². The summed E-state index contributed by atoms with van der Waals surface area (Å²) in [6.45, 7) is 5.93. The van der Waals surface area contributed by atoms with Crippen molar-refractivity contribution in [3.8, 4) is 0 Å². The van der Waals surface area contributed by atoms with Gasteiger partial charge in [0.05, 0.1) is 0 Å². The summed E-state index contributed by atoms with van der Waals surface area (Å²) in [6, 6.07) is 0. The van der Waals surface area contributed by atoms with Crippen molar-refractivity contribution in [3.63, 3.8) is 0 Å². The maximum Gasteiger partial charge on any atom is 0.111 e. The minimum absolute atomic E-state index is 0.400. The largest absolute Gasteiger partial charge is 0.319 e. The van der Waals surface area contributed by atoms with E-state index >= 15 is 0 Å². The van der Waals surface area contributed by atoms with Crippen LogP contribution in [-0.4, -0.2) is 12.3 Å². The van der Waals surface area contributed by atoms with Crippen LogP contribution in [0.15, 0.2) is 11.4 Å². The van der Waals surface area contributed by atoms with Gasteiger partial charge in [-0.05, 0) is 25.3 Å². The van der Waals surface area contributed by atoms with E-state index in [0.717, 1.165) is 11.7 Å². The molecule has 9 heavy (non-hydrogen) atoms. The number of allylic oxidation sites excluding steroid dienone is 2. The van der Waals surface area contributed by atoms with Crippen LogP contribution in [0.2, 0.25) is 0 Å². The zero-order valence-corrected chi connectivity index (χ0v) is 7.11. The first-order valence-corrected chi connectivity index (χ1v) is 5.52. The van der Waals surface area contributed by atoms with Gasteiger partial charge in [-0.2, -0.15) is 0 Å². The van der Waals surface area contributed by atoms with Crippen LogP contribution in [0.4, 0.5) is 0 Å². The zero-order chi connectivity index (χ0) is 7.07. The number of rotatable bonds is 0. The van der Waals surface area contributed by atoms with Crippen molar-refractivity contribution >= 4 is 7.14 Å². The highest BCUT2D eigenvalue weighted by Crippen LogP contribution is 2.59. The fourth-order valence-corrected chi connectivity index (χ4v) is 2.74. The Bertz CT molecular complexity index is 193. The van der Waals surface area contributed by atoms with Crippen LogP contribution in [-0.2, 0) is 4.57 Å². The lowest BCUT2D eigenvalue weighted by Gasteiger charge is -2.11. The Morgan fingerprint density at radius 2 is 2.33 bits per heavy atom. The summed E-state index contributed by atoms with van der Waals surface area (Å²) in [5.74, 6) is 0. The molecule has 52 valence electrons. The lowest BCUT2D eigenvalue weighted by molar-refractivity contribution is 0.577. The second-order valence-corrected chi connectivity index (χ2v) is 6.49. The highest BCUT2D eigenvalue weighted by Gasteiger charge is 2.29. The lowest BCUT2D eigenvalue weighted by Crippen LogP contribution is -1.94. The Hall–Kier alpha value is -0.0300. The van der Waals surface area contributed by atoms with Gasteiger partial charge in [-0.3, -0.25) is 0 Å². The Morgan fingerprint density at radius 1 is 1.78 bits per heavy atom. The molecule has 2 atom stereocenters. The molecule has 0 N–H and O–H groups in total. The van der Waals surface area contributed by atoms with Crippen LogP contribution in [0.25, 0.3) is 0 Å². The summed E-state index contributed by atoms with van der Waals surface area (Å²) in [6.07, 6.45) is 3.12. The predicted molar refractivity (Wildman–Crippen MR) is 41.4 cm³/mol. The first-order valence-electron chi connectivity index (χ1n) is 3.29. The molecular formula is C7H13OP. The first kappa shape index (κ1) is 7.08. The molecule has 1 heterocycles. The van der Waals surface area contributed by atoms with E-state index in [-0.39, 0.29) is 0 Å². The Kier molecular flexibility index (Phi) is 1.56. The first-order chi connectivity index (χ1) is 4.05. The molecule has 0 amide bonds. The smallest absolute Gasteiger partial charge is 0.111 e. The molecule has 1 nitrogen and oxygen atoms in total. The molecule has 2 heteroatoms. The average molecular weight is 144 g/mol. The molecule has 0 bridgehead atoms. The van der Waals surface area contributed by atoms with Crippen LogP contribution in [0.3, 0.4) is 0 Å². The normalized spacial score (nSPS) is 43.0. The van der Waals surface area contributed by atoms with Crippen LogP contribution in [0.5, 0.6) is 0 Å². The quantitative estimate of drug-likeness (QED) is 0.477. The summed E-state index contributed by atoms with van der Waals surface area (Å²) in [4.78, 5) is 0. The fourth-order valence-electron chi connectivity index (χ4n) is 1.07. The Morgan fingerprint density at radius 3 is 2.44 bits per heavy atom. The van der Waals surface area contributed by atoms with E-state index in [2.05, 4.69) is 13.0 Å². The molecule has 1 rings (SSSR count). The highest BCUT2D eigenvalue weighted by atomic mass is 31.2. The van der Waals surface area contributed by atoms with Gasteiger partial charge < -0.3 is 4.57 Å². The van der Waals surface area contributed by atoms with E-state index in [1.54, 1.807) is 0 Å². The van der Waals surface area contributed by atoms with Crippen molar-refractivity contribution < 1.29 is 4.57 Å². The molecule has 0 spiro atoms. The third-order valence-corrected chi connectivity index (χ3v) is 5.77. The van der Waals surface area contributed by atoms with Gasteiger partial charge in [0, 0.05) is 5.66 Å². The molecule has 0 aromatic rings. The van der Waals surface area contributed by atoms with Crippen LogP contribution >= 0.6 is 7.14 Å². The summed E-state index contributed by atoms with van der Waals surface area (Å²) in [5.41, 5.74) is 0.400. The molecule has 1 aliphatic rings. The van der Waals surface area contributed by atoms with Gasteiger partial charge >= 0.3 is 0 Å². The lowest BCUT2D eigenvalue weighted by atomic mass is 10.3. The van der Waals surface area contributed by atoms with Gasteiger partial charge in [-0.15, -0.1) is 0 Å². The van der Waals surface area contributed by atoms with Gasteiger partial charge in [0.1, 0.15) is 7.14 Å². The molecule has 1 aliphatic heterocycles. The highest BCUT2D eigenvalue weighted by molar-refractivity contribution is 7.68. The summed E-state index contributed by atoms with van der Waals surface area (Å²) < 4.78 is 11.6. The second-order valence-electron chi connectivity index (χ2n) is 2.92. The Labute approximate surface area is 56.5 Å². The van der Waals surface area contributed by atoms with E-state index in [1.807, 2.05) is 13.6 Å². The summed E-state index contributed by atoms with van der Waals surface area (Å²) in [7, 11) is -1.86. The van der Waals surface area contributed by atoms with Crippen molar-refractivity contribution in [1.29, 1.82) is 0 Å². The van der Waals surface area contributed by atoms with Gasteiger partial charge in [-0.1, -0.05) is 13.0 Å². The third kappa shape index (κ3) is 0.986. The van der Waals surface area contributed by atoms with Gasteiger partial charge in [0.25, 0.3) is 0 Å². The molecule has 0 saturated heterocycles. The van der Waals surface area contributed by atoms with E-state index in [9.17, 15) is 4.57 Å². The molecule has 0 aromatic carbocycles. The molecule has 0 unspecified atom stereocenters. The minimum atomic E-state index is -1.86. The van der Waals surface area contributed by atoms with E-state index in [0.29, 0.717) is 5.66 Å². The maximum absolute atomic E-state index is 11.6. The number of hydrogen-bond acceptors (Lipinski definition) is 1. The number of hydrogen-bond donors (Lipinski definition) is 0. The average Bonchev–Trinajstić information content (AvgIpc) is 1.96. The fraction of sp³-hybridized carbons (Fsp3) is 0.714.